The molecule has 3 aromatic rings. The van der Waals surface area contributed by atoms with Gasteiger partial charge in [0.15, 0.2) is 0 Å². The molecule has 5 heteroatoms. The van der Waals surface area contributed by atoms with Crippen LogP contribution >= 0.6 is 0 Å². The van der Waals surface area contributed by atoms with Crippen molar-refractivity contribution in [3.8, 4) is 11.5 Å². The Morgan fingerprint density at radius 2 is 1.12 bits per heavy atom. The van der Waals surface area contributed by atoms with Gasteiger partial charge in [-0.05, 0) is 67.6 Å². The molecule has 0 fully saturated rings. The number of halogens is 3. The third kappa shape index (κ3) is 4.17. The van der Waals surface area contributed by atoms with Crippen LogP contribution in [-0.2, 0) is 6.18 Å². The summed E-state index contributed by atoms with van der Waals surface area (Å²) in [6.45, 7) is 2.01. The predicted octanol–water partition coefficient (Wildman–Crippen LogP) is 6.57. The first-order valence-electron chi connectivity index (χ1n) is 8.08. The van der Waals surface area contributed by atoms with Crippen molar-refractivity contribution in [3.63, 3.8) is 0 Å². The van der Waals surface area contributed by atoms with E-state index in [1.165, 1.54) is 12.1 Å². The minimum atomic E-state index is -4.33. The topological polar surface area (TPSA) is 12.5 Å². The molecule has 2 nitrogen and oxygen atoms in total. The third-order valence-electron chi connectivity index (χ3n) is 4.06. The van der Waals surface area contributed by atoms with E-state index in [0.717, 1.165) is 29.1 Å². The minimum absolute atomic E-state index is 0.656. The van der Waals surface area contributed by atoms with E-state index in [2.05, 4.69) is 0 Å². The molecule has 0 saturated carbocycles. The molecule has 3 aromatic carbocycles. The first kappa shape index (κ1) is 17.9. The summed E-state index contributed by atoms with van der Waals surface area (Å²) in [5, 5.41) is 0. The van der Waals surface area contributed by atoms with Crippen molar-refractivity contribution in [1.29, 1.82) is 0 Å². The lowest BCUT2D eigenvalue weighted by Gasteiger charge is -2.20. The van der Waals surface area contributed by atoms with Gasteiger partial charge in [0.05, 0.1) is 5.56 Å². The average molecular weight is 357 g/mol. The summed E-state index contributed by atoms with van der Waals surface area (Å²) in [7, 11) is 1.80. The summed E-state index contributed by atoms with van der Waals surface area (Å²) in [6, 6.07) is 20.2. The number of hydrogen-bond acceptors (Lipinski definition) is 2. The van der Waals surface area contributed by atoms with Crippen molar-refractivity contribution < 1.29 is 17.9 Å². The van der Waals surface area contributed by atoms with E-state index in [0.29, 0.717) is 11.4 Å². The molecule has 0 unspecified atom stereocenters. The first-order valence-corrected chi connectivity index (χ1v) is 8.08. The molecule has 0 aliphatic carbocycles. The molecule has 0 amide bonds. The number of nitrogens with zero attached hydrogens (tertiary/aromatic N) is 1. The molecular formula is C21H18F3NO. The standard InChI is InChI=1S/C21H18F3NO/c1-15-3-11-19(12-4-15)26-20-13-9-18(10-14-20)25(2)17-7-5-16(6-8-17)21(22,23)24/h3-14H,1-2H3. The molecule has 0 aliphatic rings. The molecule has 0 N–H and O–H groups in total. The van der Waals surface area contributed by atoms with Crippen LogP contribution in [0.3, 0.4) is 0 Å². The maximum Gasteiger partial charge on any atom is 0.416 e. The number of hydrogen-bond donors (Lipinski definition) is 0. The molecular weight excluding hydrogens is 339 g/mol. The van der Waals surface area contributed by atoms with Crippen molar-refractivity contribution in [2.45, 2.75) is 13.1 Å². The fourth-order valence-corrected chi connectivity index (χ4v) is 2.50. The van der Waals surface area contributed by atoms with Gasteiger partial charge < -0.3 is 9.64 Å². The molecule has 0 radical (unpaired) electrons. The van der Waals surface area contributed by atoms with Crippen molar-refractivity contribution in [1.82, 2.24) is 0 Å². The van der Waals surface area contributed by atoms with Gasteiger partial charge in [-0.2, -0.15) is 13.2 Å². The Kier molecular flexibility index (Phi) is 4.89. The van der Waals surface area contributed by atoms with E-state index < -0.39 is 11.7 Å². The maximum absolute atomic E-state index is 12.7. The normalized spacial score (nSPS) is 11.3. The summed E-state index contributed by atoms with van der Waals surface area (Å²) in [6.07, 6.45) is -4.33. The smallest absolute Gasteiger partial charge is 0.416 e. The molecule has 26 heavy (non-hydrogen) atoms. The molecule has 0 bridgehead atoms. The van der Waals surface area contributed by atoms with Crippen LogP contribution in [0.25, 0.3) is 0 Å². The van der Waals surface area contributed by atoms with E-state index in [-0.39, 0.29) is 0 Å². The first-order chi connectivity index (χ1) is 12.3. The average Bonchev–Trinajstić information content (AvgIpc) is 2.63. The predicted molar refractivity (Wildman–Crippen MR) is 97.2 cm³/mol. The Balaban J connectivity index is 1.72. The van der Waals surface area contributed by atoms with E-state index >= 15 is 0 Å². The SMILES string of the molecule is Cc1ccc(Oc2ccc(N(C)c3ccc(C(F)(F)F)cc3)cc2)cc1. The highest BCUT2D eigenvalue weighted by Gasteiger charge is 2.30. The van der Waals surface area contributed by atoms with Crippen LogP contribution in [0.5, 0.6) is 11.5 Å². The van der Waals surface area contributed by atoms with Crippen LogP contribution in [0.2, 0.25) is 0 Å². The monoisotopic (exact) mass is 357 g/mol. The second-order valence-corrected chi connectivity index (χ2v) is 6.01. The van der Waals surface area contributed by atoms with Gasteiger partial charge in [-0.25, -0.2) is 0 Å². The number of alkyl halides is 3. The van der Waals surface area contributed by atoms with Crippen LogP contribution in [0, 0.1) is 6.92 Å². The van der Waals surface area contributed by atoms with Crippen LogP contribution in [0.15, 0.2) is 72.8 Å². The highest BCUT2D eigenvalue weighted by atomic mass is 19.4. The fourth-order valence-electron chi connectivity index (χ4n) is 2.50. The van der Waals surface area contributed by atoms with Crippen molar-refractivity contribution in [2.75, 3.05) is 11.9 Å². The molecule has 0 heterocycles. The summed E-state index contributed by atoms with van der Waals surface area (Å²) in [5.74, 6) is 1.44. The lowest BCUT2D eigenvalue weighted by atomic mass is 10.2. The van der Waals surface area contributed by atoms with E-state index in [9.17, 15) is 13.2 Å². The fraction of sp³-hybridized carbons (Fsp3) is 0.143. The largest absolute Gasteiger partial charge is 0.457 e. The highest BCUT2D eigenvalue weighted by molar-refractivity contribution is 5.63. The number of benzene rings is 3. The van der Waals surface area contributed by atoms with Crippen LogP contribution in [0.4, 0.5) is 24.5 Å². The number of ether oxygens (including phenoxy) is 1. The van der Waals surface area contributed by atoms with Gasteiger partial charge in [-0.1, -0.05) is 17.7 Å². The maximum atomic E-state index is 12.7. The lowest BCUT2D eigenvalue weighted by Crippen LogP contribution is -2.10. The molecule has 3 rings (SSSR count). The number of rotatable bonds is 4. The van der Waals surface area contributed by atoms with Gasteiger partial charge in [0.25, 0.3) is 0 Å². The van der Waals surface area contributed by atoms with Gasteiger partial charge in [0.2, 0.25) is 0 Å². The van der Waals surface area contributed by atoms with Crippen LogP contribution < -0.4 is 9.64 Å². The van der Waals surface area contributed by atoms with Crippen LogP contribution in [0.1, 0.15) is 11.1 Å². The molecule has 134 valence electrons. The van der Waals surface area contributed by atoms with Gasteiger partial charge in [-0.15, -0.1) is 0 Å². The Morgan fingerprint density at radius 3 is 1.58 bits per heavy atom. The summed E-state index contributed by atoms with van der Waals surface area (Å²) in [5.41, 5.74) is 2.02. The van der Waals surface area contributed by atoms with Crippen molar-refractivity contribution >= 4 is 11.4 Å². The quantitative estimate of drug-likeness (QED) is 0.523. The van der Waals surface area contributed by atoms with Crippen molar-refractivity contribution in [2.24, 2.45) is 0 Å². The Labute approximate surface area is 150 Å². The van der Waals surface area contributed by atoms with Crippen molar-refractivity contribution in [3.05, 3.63) is 83.9 Å². The van der Waals surface area contributed by atoms with Gasteiger partial charge in [0, 0.05) is 18.4 Å². The van der Waals surface area contributed by atoms with Gasteiger partial charge in [0.1, 0.15) is 11.5 Å². The molecule has 0 aliphatic heterocycles. The zero-order valence-electron chi connectivity index (χ0n) is 14.4. The van der Waals surface area contributed by atoms with Gasteiger partial charge >= 0.3 is 6.18 Å². The minimum Gasteiger partial charge on any atom is -0.457 e. The third-order valence-corrected chi connectivity index (χ3v) is 4.06. The zero-order chi connectivity index (χ0) is 18.7. The molecule has 0 saturated heterocycles. The van der Waals surface area contributed by atoms with Crippen LogP contribution in [-0.4, -0.2) is 7.05 Å². The summed E-state index contributed by atoms with van der Waals surface area (Å²) in [4.78, 5) is 1.82. The molecule has 0 atom stereocenters. The molecule has 0 aromatic heterocycles. The number of anilines is 2. The summed E-state index contributed by atoms with van der Waals surface area (Å²) >= 11 is 0. The van der Waals surface area contributed by atoms with Gasteiger partial charge in [-0.3, -0.25) is 0 Å². The van der Waals surface area contributed by atoms with E-state index in [1.54, 1.807) is 7.05 Å². The van der Waals surface area contributed by atoms with E-state index in [4.69, 9.17) is 4.74 Å². The second kappa shape index (κ2) is 7.12. The second-order valence-electron chi connectivity index (χ2n) is 6.01. The Morgan fingerprint density at radius 1 is 0.692 bits per heavy atom. The highest BCUT2D eigenvalue weighted by Crippen LogP contribution is 2.32. The van der Waals surface area contributed by atoms with E-state index in [1.807, 2.05) is 60.4 Å². The Hall–Kier alpha value is -2.95. The molecule has 0 spiro atoms. The number of aryl methyl sites for hydroxylation is 1. The summed E-state index contributed by atoms with van der Waals surface area (Å²) < 4.78 is 43.8. The lowest BCUT2D eigenvalue weighted by molar-refractivity contribution is -0.137. The Bertz CT molecular complexity index is 854. The zero-order valence-corrected chi connectivity index (χ0v) is 14.4.